The van der Waals surface area contributed by atoms with E-state index in [1.54, 1.807) is 12.1 Å². The van der Waals surface area contributed by atoms with Crippen LogP contribution in [0.5, 0.6) is 0 Å². The van der Waals surface area contributed by atoms with Crippen LogP contribution in [0.15, 0.2) is 65.5 Å². The average molecular weight is 206 g/mol. The number of rotatable bonds is 0. The molecule has 76 valence electrons. The summed E-state index contributed by atoms with van der Waals surface area (Å²) in [7, 11) is 0. The Morgan fingerprint density at radius 1 is 0.625 bits per heavy atom. The van der Waals surface area contributed by atoms with E-state index in [2.05, 4.69) is 12.1 Å². The van der Waals surface area contributed by atoms with Crippen LogP contribution >= 0.6 is 0 Å². The molecule has 0 aliphatic rings. The minimum Gasteiger partial charge on any atom is -0.290 e. The van der Waals surface area contributed by atoms with E-state index < -0.39 is 0 Å². The fourth-order valence-corrected chi connectivity index (χ4v) is 2.08. The molecule has 1 heteroatoms. The highest BCUT2D eigenvalue weighted by atomic mass is 16.1. The fourth-order valence-electron chi connectivity index (χ4n) is 2.08. The summed E-state index contributed by atoms with van der Waals surface area (Å²) < 4.78 is 0. The van der Waals surface area contributed by atoms with Gasteiger partial charge in [0.1, 0.15) is 0 Å². The van der Waals surface area contributed by atoms with E-state index in [1.807, 2.05) is 36.4 Å². The Balaban J connectivity index is 2.72. The van der Waals surface area contributed by atoms with Crippen molar-refractivity contribution in [3.05, 3.63) is 70.9 Å². The van der Waals surface area contributed by atoms with Gasteiger partial charge >= 0.3 is 0 Å². The zero-order valence-electron chi connectivity index (χ0n) is 8.68. The van der Waals surface area contributed by atoms with Crippen molar-refractivity contribution in [2.75, 3.05) is 0 Å². The Kier molecular flexibility index (Phi) is 1.97. The van der Waals surface area contributed by atoms with Gasteiger partial charge < -0.3 is 0 Å². The summed E-state index contributed by atoms with van der Waals surface area (Å²) >= 11 is 0. The van der Waals surface area contributed by atoms with Crippen LogP contribution in [0.4, 0.5) is 0 Å². The highest BCUT2D eigenvalue weighted by Crippen LogP contribution is 2.21. The van der Waals surface area contributed by atoms with Crippen LogP contribution in [0.3, 0.4) is 0 Å². The van der Waals surface area contributed by atoms with Crippen molar-refractivity contribution in [3.63, 3.8) is 0 Å². The Hall–Kier alpha value is -2.15. The smallest absolute Gasteiger partial charge is 0.179 e. The molecule has 0 spiro atoms. The van der Waals surface area contributed by atoms with Gasteiger partial charge in [0.15, 0.2) is 5.43 Å². The highest BCUT2D eigenvalue weighted by molar-refractivity contribution is 6.05. The lowest BCUT2D eigenvalue weighted by Gasteiger charge is -1.96. The number of fused-ring (bicyclic) bond motifs is 3. The van der Waals surface area contributed by atoms with Gasteiger partial charge in [0.05, 0.1) is 0 Å². The summed E-state index contributed by atoms with van der Waals surface area (Å²) in [5.41, 5.74) is 0.0531. The van der Waals surface area contributed by atoms with Gasteiger partial charge in [-0.25, -0.2) is 0 Å². The van der Waals surface area contributed by atoms with Crippen molar-refractivity contribution in [1.29, 1.82) is 0 Å². The Bertz CT molecular complexity index is 668. The molecular formula is C15H10O. The van der Waals surface area contributed by atoms with Gasteiger partial charge in [-0.2, -0.15) is 0 Å². The van der Waals surface area contributed by atoms with Gasteiger partial charge in [-0.3, -0.25) is 4.79 Å². The van der Waals surface area contributed by atoms with E-state index in [4.69, 9.17) is 0 Å². The molecule has 1 nitrogen and oxygen atoms in total. The van der Waals surface area contributed by atoms with E-state index in [0.29, 0.717) is 0 Å². The van der Waals surface area contributed by atoms with Gasteiger partial charge in [-0.1, -0.05) is 48.5 Å². The maximum Gasteiger partial charge on any atom is 0.179 e. The lowest BCUT2D eigenvalue weighted by Crippen LogP contribution is -1.89. The summed E-state index contributed by atoms with van der Waals surface area (Å²) in [6.07, 6.45) is 0. The van der Waals surface area contributed by atoms with Crippen LogP contribution in [0.2, 0.25) is 0 Å². The predicted octanol–water partition coefficient (Wildman–Crippen LogP) is 3.35. The minimum absolute atomic E-state index is 0.0531. The summed E-state index contributed by atoms with van der Waals surface area (Å²) in [6, 6.07) is 19.3. The molecule has 0 saturated carbocycles. The normalized spacial score (nSPS) is 10.8. The summed E-state index contributed by atoms with van der Waals surface area (Å²) in [4.78, 5) is 11.7. The molecule has 0 saturated heterocycles. The van der Waals surface area contributed by atoms with Crippen molar-refractivity contribution in [2.45, 2.75) is 0 Å². The van der Waals surface area contributed by atoms with Gasteiger partial charge in [-0.15, -0.1) is 0 Å². The van der Waals surface area contributed by atoms with Crippen molar-refractivity contribution < 1.29 is 0 Å². The molecule has 0 radical (unpaired) electrons. The van der Waals surface area contributed by atoms with Crippen molar-refractivity contribution in [1.82, 2.24) is 0 Å². The molecule has 0 aliphatic carbocycles. The molecule has 0 bridgehead atoms. The first kappa shape index (κ1) is 9.10. The molecule has 3 aromatic rings. The van der Waals surface area contributed by atoms with Gasteiger partial charge in [-0.05, 0) is 33.7 Å². The molecule has 0 heterocycles. The molecule has 0 aliphatic heterocycles. The molecule has 0 unspecified atom stereocenters. The van der Waals surface area contributed by atoms with E-state index in [9.17, 15) is 4.79 Å². The third kappa shape index (κ3) is 1.38. The fraction of sp³-hybridized carbons (Fsp3) is 0. The lowest BCUT2D eigenvalue weighted by molar-refractivity contribution is 1.71. The quantitative estimate of drug-likeness (QED) is 0.551. The number of benzene rings is 2. The van der Waals surface area contributed by atoms with Crippen molar-refractivity contribution >= 4 is 21.5 Å². The van der Waals surface area contributed by atoms with E-state index in [0.717, 1.165) is 21.5 Å². The molecule has 16 heavy (non-hydrogen) atoms. The maximum atomic E-state index is 11.7. The predicted molar refractivity (Wildman–Crippen MR) is 67.7 cm³/mol. The van der Waals surface area contributed by atoms with Crippen LogP contribution in [0.25, 0.3) is 21.5 Å². The van der Waals surface area contributed by atoms with Crippen molar-refractivity contribution in [2.24, 2.45) is 0 Å². The van der Waals surface area contributed by atoms with Crippen LogP contribution in [-0.4, -0.2) is 0 Å². The molecule has 0 N–H and O–H groups in total. The van der Waals surface area contributed by atoms with Crippen LogP contribution in [-0.2, 0) is 0 Å². The zero-order valence-corrected chi connectivity index (χ0v) is 8.68. The van der Waals surface area contributed by atoms with Crippen molar-refractivity contribution in [3.8, 4) is 0 Å². The molecule has 0 atom stereocenters. The first-order valence-electron chi connectivity index (χ1n) is 5.26. The van der Waals surface area contributed by atoms with Crippen LogP contribution in [0, 0.1) is 0 Å². The topological polar surface area (TPSA) is 17.1 Å². The molecule has 3 aromatic carbocycles. The Morgan fingerprint density at radius 3 is 1.56 bits per heavy atom. The average Bonchev–Trinajstić information content (AvgIpc) is 2.44. The summed E-state index contributed by atoms with van der Waals surface area (Å²) in [5.74, 6) is 0. The highest BCUT2D eigenvalue weighted by Gasteiger charge is 1.98. The van der Waals surface area contributed by atoms with Gasteiger partial charge in [0, 0.05) is 0 Å². The second kappa shape index (κ2) is 3.46. The number of hydrogen-bond acceptors (Lipinski definition) is 1. The first-order chi connectivity index (χ1) is 7.84. The van der Waals surface area contributed by atoms with Gasteiger partial charge in [0.25, 0.3) is 0 Å². The summed E-state index contributed by atoms with van der Waals surface area (Å²) in [6.45, 7) is 0. The minimum atomic E-state index is 0.0531. The molecular weight excluding hydrogens is 196 g/mol. The Labute approximate surface area is 93.0 Å². The van der Waals surface area contributed by atoms with E-state index in [-0.39, 0.29) is 5.43 Å². The first-order valence-corrected chi connectivity index (χ1v) is 5.26. The molecule has 0 aromatic heterocycles. The second-order valence-electron chi connectivity index (χ2n) is 3.87. The lowest BCUT2D eigenvalue weighted by atomic mass is 10.1. The van der Waals surface area contributed by atoms with Crippen LogP contribution in [0.1, 0.15) is 0 Å². The van der Waals surface area contributed by atoms with E-state index in [1.165, 1.54) is 0 Å². The maximum absolute atomic E-state index is 11.7. The summed E-state index contributed by atoms with van der Waals surface area (Å²) in [5, 5.41) is 4.24. The third-order valence-electron chi connectivity index (χ3n) is 2.81. The molecule has 3 rings (SSSR count). The standard InChI is InChI=1S/C15H10O/c16-13-9-11-5-1-3-7-14(11)15-8-4-2-6-12(15)10-13/h1-10H. The van der Waals surface area contributed by atoms with Gasteiger partial charge in [0.2, 0.25) is 0 Å². The monoisotopic (exact) mass is 206 g/mol. The third-order valence-corrected chi connectivity index (χ3v) is 2.81. The Morgan fingerprint density at radius 2 is 1.06 bits per heavy atom. The SMILES string of the molecule is O=c1cc2ccccc2c2ccccc2c1. The second-order valence-corrected chi connectivity index (χ2v) is 3.87. The molecule has 0 amide bonds. The number of hydrogen-bond donors (Lipinski definition) is 0. The molecule has 0 fully saturated rings. The largest absolute Gasteiger partial charge is 0.290 e. The van der Waals surface area contributed by atoms with Crippen LogP contribution < -0.4 is 5.43 Å². The zero-order chi connectivity index (χ0) is 11.0. The van der Waals surface area contributed by atoms with E-state index >= 15 is 0 Å².